The van der Waals surface area contributed by atoms with Crippen LogP contribution >= 0.6 is 0 Å². The van der Waals surface area contributed by atoms with Gasteiger partial charge in [-0.05, 0) is 89.8 Å². The molecule has 1 saturated heterocycles. The molecule has 186 valence electrons. The molecule has 0 atom stereocenters. The van der Waals surface area contributed by atoms with Crippen molar-refractivity contribution in [2.75, 3.05) is 38.2 Å². The monoisotopic (exact) mass is 482 g/mol. The van der Waals surface area contributed by atoms with Gasteiger partial charge in [0, 0.05) is 37.9 Å². The van der Waals surface area contributed by atoms with Gasteiger partial charge in [-0.15, -0.1) is 0 Å². The van der Waals surface area contributed by atoms with Gasteiger partial charge in [0.15, 0.2) is 0 Å². The van der Waals surface area contributed by atoms with E-state index in [1.165, 1.54) is 33.5 Å². The van der Waals surface area contributed by atoms with Crippen molar-refractivity contribution in [3.63, 3.8) is 0 Å². The summed E-state index contributed by atoms with van der Waals surface area (Å²) in [5.41, 5.74) is 9.15. The van der Waals surface area contributed by atoms with Crippen molar-refractivity contribution < 1.29 is 14.8 Å². The third-order valence-corrected chi connectivity index (χ3v) is 7.65. The Morgan fingerprint density at radius 1 is 0.806 bits per heavy atom. The van der Waals surface area contributed by atoms with Crippen LogP contribution in [-0.4, -0.2) is 61.4 Å². The van der Waals surface area contributed by atoms with Gasteiger partial charge in [0.25, 0.3) is 0 Å². The van der Waals surface area contributed by atoms with Gasteiger partial charge in [0.1, 0.15) is 5.75 Å². The standard InChI is InChI=1S/C30H35BN2O3/c1-21(2)32-16-18-33(19-17-32)26-11-6-23(7-12-26)30-28(22-4-9-25(10-5-22)31(34)35)14-8-24-20-27(36-3)13-15-29(24)30/h4-7,9-13,15,20-21,34-35H,8,14,16-19H2,1-3H3. The van der Waals surface area contributed by atoms with Crippen molar-refractivity contribution in [3.8, 4) is 5.75 Å². The van der Waals surface area contributed by atoms with E-state index in [4.69, 9.17) is 4.74 Å². The molecule has 3 aromatic carbocycles. The van der Waals surface area contributed by atoms with Gasteiger partial charge in [-0.2, -0.15) is 0 Å². The Morgan fingerprint density at radius 2 is 1.47 bits per heavy atom. The lowest BCUT2D eigenvalue weighted by Gasteiger charge is -2.38. The molecule has 36 heavy (non-hydrogen) atoms. The van der Waals surface area contributed by atoms with Crippen molar-refractivity contribution in [2.24, 2.45) is 0 Å². The lowest BCUT2D eigenvalue weighted by molar-refractivity contribution is 0.209. The predicted molar refractivity (Wildman–Crippen MR) is 149 cm³/mol. The highest BCUT2D eigenvalue weighted by atomic mass is 16.5. The Kier molecular flexibility index (Phi) is 7.19. The molecule has 0 amide bonds. The Hall–Kier alpha value is -3.06. The number of aryl methyl sites for hydroxylation is 1. The number of benzene rings is 3. The summed E-state index contributed by atoms with van der Waals surface area (Å²) in [5, 5.41) is 19.1. The van der Waals surface area contributed by atoms with Crippen molar-refractivity contribution in [2.45, 2.75) is 32.7 Å². The highest BCUT2D eigenvalue weighted by Crippen LogP contribution is 2.42. The number of hydrogen-bond donors (Lipinski definition) is 2. The van der Waals surface area contributed by atoms with Crippen LogP contribution in [-0.2, 0) is 6.42 Å². The molecule has 2 aliphatic rings. The number of piperazine rings is 1. The zero-order valence-electron chi connectivity index (χ0n) is 21.4. The summed E-state index contributed by atoms with van der Waals surface area (Å²) < 4.78 is 5.50. The average Bonchev–Trinajstić information content (AvgIpc) is 2.92. The Balaban J connectivity index is 1.52. The Morgan fingerprint density at radius 3 is 2.08 bits per heavy atom. The predicted octanol–water partition coefficient (Wildman–Crippen LogP) is 3.81. The number of fused-ring (bicyclic) bond motifs is 1. The molecule has 0 radical (unpaired) electrons. The van der Waals surface area contributed by atoms with Crippen LogP contribution in [0.4, 0.5) is 5.69 Å². The van der Waals surface area contributed by atoms with Crippen molar-refractivity contribution in [3.05, 3.63) is 89.0 Å². The van der Waals surface area contributed by atoms with Gasteiger partial charge in [-0.3, -0.25) is 4.90 Å². The first-order chi connectivity index (χ1) is 17.4. The molecule has 1 aliphatic carbocycles. The molecule has 0 bridgehead atoms. The number of ether oxygens (including phenoxy) is 1. The summed E-state index contributed by atoms with van der Waals surface area (Å²) >= 11 is 0. The number of rotatable bonds is 6. The lowest BCUT2D eigenvalue weighted by atomic mass is 9.77. The molecule has 0 aromatic heterocycles. The van der Waals surface area contributed by atoms with Crippen LogP contribution in [0, 0.1) is 0 Å². The third kappa shape index (κ3) is 4.94. The molecule has 1 heterocycles. The van der Waals surface area contributed by atoms with Crippen LogP contribution in [0.25, 0.3) is 11.1 Å². The second-order valence-corrected chi connectivity index (χ2v) is 10.0. The van der Waals surface area contributed by atoms with E-state index < -0.39 is 7.12 Å². The number of anilines is 1. The molecule has 5 nitrogen and oxygen atoms in total. The summed E-state index contributed by atoms with van der Waals surface area (Å²) in [7, 11) is 0.255. The van der Waals surface area contributed by atoms with Crippen molar-refractivity contribution in [1.82, 2.24) is 4.90 Å². The average molecular weight is 482 g/mol. The molecule has 6 heteroatoms. The maximum Gasteiger partial charge on any atom is 0.488 e. The Labute approximate surface area is 214 Å². The Bertz CT molecular complexity index is 1230. The lowest BCUT2D eigenvalue weighted by Crippen LogP contribution is -2.48. The van der Waals surface area contributed by atoms with E-state index in [1.807, 2.05) is 18.2 Å². The largest absolute Gasteiger partial charge is 0.497 e. The summed E-state index contributed by atoms with van der Waals surface area (Å²) in [6.45, 7) is 8.85. The zero-order valence-corrected chi connectivity index (χ0v) is 21.4. The number of nitrogens with zero attached hydrogens (tertiary/aromatic N) is 2. The van der Waals surface area contributed by atoms with Crippen LogP contribution in [0.1, 0.15) is 42.5 Å². The van der Waals surface area contributed by atoms with Crippen molar-refractivity contribution >= 4 is 29.4 Å². The van der Waals surface area contributed by atoms with E-state index in [0.717, 1.165) is 50.3 Å². The van der Waals surface area contributed by atoms with E-state index in [0.29, 0.717) is 11.5 Å². The first-order valence-corrected chi connectivity index (χ1v) is 12.9. The summed E-state index contributed by atoms with van der Waals surface area (Å²) in [6.07, 6.45) is 1.85. The minimum Gasteiger partial charge on any atom is -0.497 e. The van der Waals surface area contributed by atoms with Crippen LogP contribution in [0.3, 0.4) is 0 Å². The molecule has 1 aliphatic heterocycles. The second kappa shape index (κ2) is 10.5. The van der Waals surface area contributed by atoms with Gasteiger partial charge >= 0.3 is 7.12 Å². The van der Waals surface area contributed by atoms with Gasteiger partial charge in [0.2, 0.25) is 0 Å². The first kappa shape index (κ1) is 24.6. The number of allylic oxidation sites excluding steroid dienone is 1. The zero-order chi connectivity index (χ0) is 25.2. The molecule has 3 aromatic rings. The van der Waals surface area contributed by atoms with E-state index >= 15 is 0 Å². The fourth-order valence-electron chi connectivity index (χ4n) is 5.51. The van der Waals surface area contributed by atoms with E-state index in [-0.39, 0.29) is 0 Å². The van der Waals surface area contributed by atoms with Crippen LogP contribution in [0.15, 0.2) is 66.7 Å². The van der Waals surface area contributed by atoms with Crippen LogP contribution in [0.2, 0.25) is 0 Å². The molecule has 2 N–H and O–H groups in total. The van der Waals surface area contributed by atoms with Gasteiger partial charge in [-0.1, -0.05) is 42.5 Å². The van der Waals surface area contributed by atoms with E-state index in [2.05, 4.69) is 60.0 Å². The number of hydrogen-bond acceptors (Lipinski definition) is 5. The van der Waals surface area contributed by atoms with E-state index in [9.17, 15) is 10.0 Å². The SMILES string of the molecule is COc1ccc2c(c1)CCC(c1ccc(B(O)O)cc1)=C2c1ccc(N2CCN(C(C)C)CC2)cc1. The normalized spacial score (nSPS) is 16.3. The van der Waals surface area contributed by atoms with E-state index in [1.54, 1.807) is 19.2 Å². The topological polar surface area (TPSA) is 56.2 Å². The van der Waals surface area contributed by atoms with Gasteiger partial charge in [0.05, 0.1) is 7.11 Å². The molecular weight excluding hydrogens is 447 g/mol. The molecule has 5 rings (SSSR count). The maximum absolute atomic E-state index is 9.53. The van der Waals surface area contributed by atoms with Crippen LogP contribution < -0.4 is 15.1 Å². The third-order valence-electron chi connectivity index (χ3n) is 7.65. The highest BCUT2D eigenvalue weighted by molar-refractivity contribution is 6.58. The van der Waals surface area contributed by atoms with Gasteiger partial charge < -0.3 is 19.7 Å². The summed E-state index contributed by atoms with van der Waals surface area (Å²) in [4.78, 5) is 5.02. The molecule has 1 fully saturated rings. The second-order valence-electron chi connectivity index (χ2n) is 10.0. The fraction of sp³-hybridized carbons (Fsp3) is 0.333. The first-order valence-electron chi connectivity index (χ1n) is 12.9. The maximum atomic E-state index is 9.53. The molecule has 0 unspecified atom stereocenters. The van der Waals surface area contributed by atoms with Crippen molar-refractivity contribution in [1.29, 1.82) is 0 Å². The molecular formula is C30H35BN2O3. The minimum absolute atomic E-state index is 0.503. The highest BCUT2D eigenvalue weighted by Gasteiger charge is 2.24. The molecule has 0 spiro atoms. The summed E-state index contributed by atoms with van der Waals surface area (Å²) in [6, 6.07) is 23.6. The summed E-state index contributed by atoms with van der Waals surface area (Å²) in [5.74, 6) is 0.883. The molecule has 0 saturated carbocycles. The van der Waals surface area contributed by atoms with Gasteiger partial charge in [-0.25, -0.2) is 0 Å². The quantitative estimate of drug-likeness (QED) is 0.524. The van der Waals surface area contributed by atoms with Crippen LogP contribution in [0.5, 0.6) is 5.75 Å². The smallest absolute Gasteiger partial charge is 0.488 e. The fourth-order valence-corrected chi connectivity index (χ4v) is 5.51. The number of methoxy groups -OCH3 is 1. The minimum atomic E-state index is -1.46.